The fourth-order valence-corrected chi connectivity index (χ4v) is 2.72. The van der Waals surface area contributed by atoms with Crippen molar-refractivity contribution >= 4 is 27.3 Å². The summed E-state index contributed by atoms with van der Waals surface area (Å²) in [6.07, 6.45) is 2.21. The minimum Gasteiger partial charge on any atom is -0.393 e. The number of benzene rings is 1. The van der Waals surface area contributed by atoms with Crippen LogP contribution in [0.1, 0.15) is 11.8 Å². The monoisotopic (exact) mass is 297 g/mol. The quantitative estimate of drug-likeness (QED) is 0.941. The highest BCUT2D eigenvalue weighted by atomic mass is 79.9. The molecule has 2 rings (SSSR count). The molecular weight excluding hydrogens is 286 g/mol. The lowest BCUT2D eigenvalue weighted by Gasteiger charge is -1.98. The highest BCUT2D eigenvalue weighted by molar-refractivity contribution is 9.10. The molecule has 0 aliphatic rings. The van der Waals surface area contributed by atoms with E-state index in [1.807, 2.05) is 30.5 Å². The number of rotatable bonds is 3. The average molecular weight is 298 g/mol. The van der Waals surface area contributed by atoms with Crippen LogP contribution in [0.25, 0.3) is 10.6 Å². The van der Waals surface area contributed by atoms with Crippen LogP contribution < -0.4 is 0 Å². The van der Waals surface area contributed by atoms with Gasteiger partial charge in [-0.05, 0) is 19.1 Å². The summed E-state index contributed by atoms with van der Waals surface area (Å²) in [7, 11) is 0. The van der Waals surface area contributed by atoms with Crippen molar-refractivity contribution in [2.75, 3.05) is 0 Å². The zero-order valence-electron chi connectivity index (χ0n) is 8.85. The molecule has 0 saturated heterocycles. The van der Waals surface area contributed by atoms with Gasteiger partial charge in [-0.3, -0.25) is 0 Å². The van der Waals surface area contributed by atoms with Gasteiger partial charge in [-0.25, -0.2) is 4.98 Å². The smallest absolute Gasteiger partial charge is 0.123 e. The maximum Gasteiger partial charge on any atom is 0.123 e. The van der Waals surface area contributed by atoms with Gasteiger partial charge in [0.25, 0.3) is 0 Å². The van der Waals surface area contributed by atoms with Crippen molar-refractivity contribution in [2.45, 2.75) is 19.4 Å². The lowest BCUT2D eigenvalue weighted by Crippen LogP contribution is -2.01. The molecule has 84 valence electrons. The largest absolute Gasteiger partial charge is 0.393 e. The first-order valence-electron chi connectivity index (χ1n) is 5.04. The van der Waals surface area contributed by atoms with Crippen LogP contribution in [-0.4, -0.2) is 16.2 Å². The molecule has 0 aliphatic carbocycles. The number of aliphatic hydroxyl groups is 1. The number of hydrogen-bond acceptors (Lipinski definition) is 3. The molecule has 0 fully saturated rings. The molecule has 0 spiro atoms. The van der Waals surface area contributed by atoms with Crippen LogP contribution in [0.2, 0.25) is 0 Å². The molecule has 0 saturated carbocycles. The van der Waals surface area contributed by atoms with Crippen molar-refractivity contribution in [3.63, 3.8) is 0 Å². The molecule has 16 heavy (non-hydrogen) atoms. The second-order valence-electron chi connectivity index (χ2n) is 3.69. The third kappa shape index (κ3) is 2.90. The third-order valence-electron chi connectivity index (χ3n) is 2.14. The maximum absolute atomic E-state index is 9.29. The Kier molecular flexibility index (Phi) is 3.74. The summed E-state index contributed by atoms with van der Waals surface area (Å²) in [5.74, 6) is 0. The summed E-state index contributed by atoms with van der Waals surface area (Å²) < 4.78 is 1.07. The van der Waals surface area contributed by atoms with E-state index in [1.165, 1.54) is 0 Å². The summed E-state index contributed by atoms with van der Waals surface area (Å²) in [5.41, 5.74) is 1.12. The van der Waals surface area contributed by atoms with Gasteiger partial charge in [0.05, 0.1) is 6.10 Å². The van der Waals surface area contributed by atoms with Gasteiger partial charge in [-0.15, -0.1) is 11.3 Å². The molecule has 1 heterocycles. The number of nitrogens with zero attached hydrogens (tertiary/aromatic N) is 1. The average Bonchev–Trinajstić information content (AvgIpc) is 2.66. The fraction of sp³-hybridized carbons (Fsp3) is 0.250. The van der Waals surface area contributed by atoms with E-state index < -0.39 is 0 Å². The predicted molar refractivity (Wildman–Crippen MR) is 70.6 cm³/mol. The van der Waals surface area contributed by atoms with E-state index in [2.05, 4.69) is 20.9 Å². The molecule has 1 unspecified atom stereocenters. The molecule has 1 N–H and O–H groups in total. The molecule has 0 radical (unpaired) electrons. The van der Waals surface area contributed by atoms with Gasteiger partial charge >= 0.3 is 0 Å². The molecule has 1 aromatic heterocycles. The molecule has 0 bridgehead atoms. The molecule has 2 aromatic rings. The number of halogens is 1. The first-order chi connectivity index (χ1) is 7.65. The van der Waals surface area contributed by atoms with E-state index in [-0.39, 0.29) is 6.10 Å². The van der Waals surface area contributed by atoms with Crippen LogP contribution in [0.3, 0.4) is 0 Å². The van der Waals surface area contributed by atoms with Crippen LogP contribution in [0.4, 0.5) is 0 Å². The van der Waals surface area contributed by atoms with E-state index in [1.54, 1.807) is 18.3 Å². The van der Waals surface area contributed by atoms with E-state index in [0.29, 0.717) is 6.42 Å². The Bertz CT molecular complexity index is 464. The number of aliphatic hydroxyl groups excluding tert-OH is 1. The van der Waals surface area contributed by atoms with Crippen molar-refractivity contribution in [3.05, 3.63) is 39.8 Å². The molecule has 0 aliphatic heterocycles. The zero-order chi connectivity index (χ0) is 11.5. The van der Waals surface area contributed by atoms with Crippen molar-refractivity contribution < 1.29 is 5.11 Å². The van der Waals surface area contributed by atoms with E-state index >= 15 is 0 Å². The number of hydrogen-bond donors (Lipinski definition) is 1. The van der Waals surface area contributed by atoms with Crippen LogP contribution in [-0.2, 0) is 6.42 Å². The Balaban J connectivity index is 2.21. The second kappa shape index (κ2) is 5.08. The third-order valence-corrected chi connectivity index (χ3v) is 3.74. The zero-order valence-corrected chi connectivity index (χ0v) is 11.3. The summed E-state index contributed by atoms with van der Waals surface area (Å²) in [4.78, 5) is 5.48. The van der Waals surface area contributed by atoms with Gasteiger partial charge in [0, 0.05) is 27.5 Å². The lowest BCUT2D eigenvalue weighted by atomic mass is 10.2. The highest BCUT2D eigenvalue weighted by Gasteiger charge is 2.06. The Hall–Kier alpha value is -0.710. The van der Waals surface area contributed by atoms with Crippen LogP contribution in [0, 0.1) is 0 Å². The van der Waals surface area contributed by atoms with Gasteiger partial charge in [0.2, 0.25) is 0 Å². The first-order valence-corrected chi connectivity index (χ1v) is 6.65. The normalized spacial score (nSPS) is 12.7. The fourth-order valence-electron chi connectivity index (χ4n) is 1.42. The molecule has 0 amide bonds. The maximum atomic E-state index is 9.29. The Morgan fingerprint density at radius 3 is 2.69 bits per heavy atom. The van der Waals surface area contributed by atoms with E-state index in [4.69, 9.17) is 0 Å². The van der Waals surface area contributed by atoms with Gasteiger partial charge in [-0.1, -0.05) is 28.1 Å². The minimum absolute atomic E-state index is 0.307. The van der Waals surface area contributed by atoms with Crippen molar-refractivity contribution in [1.29, 1.82) is 0 Å². The predicted octanol–water partition coefficient (Wildman–Crippen LogP) is 3.50. The summed E-state index contributed by atoms with van der Waals surface area (Å²) >= 11 is 5.04. The van der Waals surface area contributed by atoms with E-state index in [0.717, 1.165) is 19.9 Å². The van der Waals surface area contributed by atoms with Crippen LogP contribution >= 0.6 is 27.3 Å². The standard InChI is InChI=1S/C12H12BrNOS/c1-8(15)6-11-7-14-12(16-11)9-2-4-10(13)5-3-9/h2-5,7-8,15H,6H2,1H3. The van der Waals surface area contributed by atoms with Gasteiger partial charge < -0.3 is 5.11 Å². The minimum atomic E-state index is -0.307. The van der Waals surface area contributed by atoms with E-state index in [9.17, 15) is 5.11 Å². The summed E-state index contributed by atoms with van der Waals surface area (Å²) in [6, 6.07) is 8.08. The highest BCUT2D eigenvalue weighted by Crippen LogP contribution is 2.26. The van der Waals surface area contributed by atoms with Crippen molar-refractivity contribution in [1.82, 2.24) is 4.98 Å². The van der Waals surface area contributed by atoms with Crippen LogP contribution in [0.15, 0.2) is 34.9 Å². The summed E-state index contributed by atoms with van der Waals surface area (Å²) in [6.45, 7) is 1.79. The molecule has 2 nitrogen and oxygen atoms in total. The molecular formula is C12H12BrNOS. The Labute approximate surface area is 107 Å². The molecule has 1 atom stereocenters. The second-order valence-corrected chi connectivity index (χ2v) is 5.72. The number of thiazole rings is 1. The molecule has 1 aromatic carbocycles. The molecule has 4 heteroatoms. The van der Waals surface area contributed by atoms with Crippen molar-refractivity contribution in [3.8, 4) is 10.6 Å². The number of aromatic nitrogens is 1. The van der Waals surface area contributed by atoms with Gasteiger partial charge in [0.15, 0.2) is 0 Å². The lowest BCUT2D eigenvalue weighted by molar-refractivity contribution is 0.196. The summed E-state index contributed by atoms with van der Waals surface area (Å²) in [5, 5.41) is 10.3. The van der Waals surface area contributed by atoms with Gasteiger partial charge in [-0.2, -0.15) is 0 Å². The SMILES string of the molecule is CC(O)Cc1cnc(-c2ccc(Br)cc2)s1. The van der Waals surface area contributed by atoms with Crippen LogP contribution in [0.5, 0.6) is 0 Å². The van der Waals surface area contributed by atoms with Gasteiger partial charge in [0.1, 0.15) is 5.01 Å². The van der Waals surface area contributed by atoms with Crippen molar-refractivity contribution in [2.24, 2.45) is 0 Å². The Morgan fingerprint density at radius 1 is 1.38 bits per heavy atom. The Morgan fingerprint density at radius 2 is 2.06 bits per heavy atom. The topological polar surface area (TPSA) is 33.1 Å². The first kappa shape index (κ1) is 11.8.